The number of aromatic nitrogens is 2. The summed E-state index contributed by atoms with van der Waals surface area (Å²) in [5.41, 5.74) is 3.19. The molecule has 7 nitrogen and oxygen atoms in total. The van der Waals surface area contributed by atoms with Crippen molar-refractivity contribution in [3.63, 3.8) is 0 Å². The lowest BCUT2D eigenvalue weighted by Gasteiger charge is -2.18. The van der Waals surface area contributed by atoms with E-state index >= 15 is 0 Å². The van der Waals surface area contributed by atoms with Crippen LogP contribution in [0.25, 0.3) is 0 Å². The van der Waals surface area contributed by atoms with Gasteiger partial charge in [-0.05, 0) is 47.4 Å². The largest absolute Gasteiger partial charge is 0.472 e. The van der Waals surface area contributed by atoms with Gasteiger partial charge < -0.3 is 20.1 Å². The lowest BCUT2D eigenvalue weighted by Crippen LogP contribution is -2.26. The highest BCUT2D eigenvalue weighted by atomic mass is 35.5. The molecule has 1 saturated heterocycles. The zero-order chi connectivity index (χ0) is 23.5. The molecule has 0 unspecified atom stereocenters. The Kier molecular flexibility index (Phi) is 6.39. The third-order valence-electron chi connectivity index (χ3n) is 6.62. The first-order chi connectivity index (χ1) is 16.5. The number of hydrogen-bond donors (Lipinski definition) is 2. The maximum atomic E-state index is 13.0. The van der Waals surface area contributed by atoms with Crippen LogP contribution in [0.5, 0.6) is 5.88 Å². The maximum Gasteiger partial charge on any atom is 0.258 e. The molecule has 1 aromatic heterocycles. The minimum absolute atomic E-state index is 0.127. The molecule has 1 aliphatic carbocycles. The normalized spacial score (nSPS) is 16.0. The summed E-state index contributed by atoms with van der Waals surface area (Å²) in [7, 11) is 0. The number of carbonyl (C=O) groups is 1. The quantitative estimate of drug-likeness (QED) is 0.506. The number of nitrogens with one attached hydrogen (secondary N) is 1. The van der Waals surface area contributed by atoms with E-state index in [1.165, 1.54) is 12.8 Å². The number of anilines is 1. The Hall–Kier alpha value is -3.16. The Bertz CT molecular complexity index is 1180. The van der Waals surface area contributed by atoms with Crippen LogP contribution >= 0.6 is 11.6 Å². The van der Waals surface area contributed by atoms with Gasteiger partial charge in [-0.15, -0.1) is 0 Å². The number of amides is 1. The summed E-state index contributed by atoms with van der Waals surface area (Å²) in [4.78, 5) is 24.3. The number of aliphatic hydroxyl groups excluding tert-OH is 1. The first-order valence-electron chi connectivity index (χ1n) is 11.5. The van der Waals surface area contributed by atoms with E-state index in [0.717, 1.165) is 30.6 Å². The molecule has 2 fully saturated rings. The molecule has 1 amide bonds. The van der Waals surface area contributed by atoms with E-state index in [4.69, 9.17) is 16.3 Å². The molecule has 2 heterocycles. The van der Waals surface area contributed by atoms with Crippen LogP contribution in [-0.4, -0.2) is 34.1 Å². The van der Waals surface area contributed by atoms with Gasteiger partial charge in [0.2, 0.25) is 11.8 Å². The van der Waals surface area contributed by atoms with Crippen molar-refractivity contribution in [2.75, 3.05) is 18.0 Å². The van der Waals surface area contributed by atoms with Gasteiger partial charge in [-0.1, -0.05) is 54.1 Å². The number of benzene rings is 2. The number of hydrogen-bond acceptors (Lipinski definition) is 6. The molecule has 2 aliphatic rings. The fourth-order valence-corrected chi connectivity index (χ4v) is 4.56. The summed E-state index contributed by atoms with van der Waals surface area (Å²) in [6.07, 6.45) is 5.23. The molecular weight excluding hydrogens is 452 g/mol. The van der Waals surface area contributed by atoms with E-state index in [0.29, 0.717) is 28.5 Å². The van der Waals surface area contributed by atoms with Gasteiger partial charge in [-0.25, -0.2) is 4.98 Å². The molecule has 0 bridgehead atoms. The molecular formula is C26H27ClN4O3. The second-order valence-corrected chi connectivity index (χ2v) is 9.51. The summed E-state index contributed by atoms with van der Waals surface area (Å²) in [6.45, 7) is 2.32. The van der Waals surface area contributed by atoms with Crippen LogP contribution in [-0.2, 0) is 19.8 Å². The van der Waals surface area contributed by atoms with Gasteiger partial charge in [0.25, 0.3) is 5.91 Å². The predicted molar refractivity (Wildman–Crippen MR) is 130 cm³/mol. The lowest BCUT2D eigenvalue weighted by atomic mass is 10.1. The molecule has 1 saturated carbocycles. The predicted octanol–water partition coefficient (Wildman–Crippen LogP) is 4.12. The number of carbonyl (C=O) groups excluding carboxylic acids is 1. The Morgan fingerprint density at radius 2 is 1.97 bits per heavy atom. The van der Waals surface area contributed by atoms with Crippen molar-refractivity contribution in [1.82, 2.24) is 15.3 Å². The van der Waals surface area contributed by atoms with Gasteiger partial charge in [-0.3, -0.25) is 4.79 Å². The van der Waals surface area contributed by atoms with Crippen LogP contribution in [0, 0.1) is 5.41 Å². The van der Waals surface area contributed by atoms with Gasteiger partial charge in [0.05, 0.1) is 6.61 Å². The fraction of sp³-hybridized carbons (Fsp3) is 0.346. The van der Waals surface area contributed by atoms with Crippen LogP contribution in [0.1, 0.15) is 46.3 Å². The zero-order valence-electron chi connectivity index (χ0n) is 18.8. The average molecular weight is 479 g/mol. The Balaban J connectivity index is 1.35. The summed E-state index contributed by atoms with van der Waals surface area (Å²) in [5.74, 6) is 0.542. The van der Waals surface area contributed by atoms with Gasteiger partial charge in [0.1, 0.15) is 12.2 Å². The van der Waals surface area contributed by atoms with Gasteiger partial charge in [-0.2, -0.15) is 4.98 Å². The SMILES string of the molecule is O=C(NCc1ccccc1)c1cnc(N2CCC3(CC3)C2)nc1OCc1ccc(CO)c(Cl)c1. The average Bonchev–Trinajstić information content (AvgIpc) is 3.50. The monoisotopic (exact) mass is 478 g/mol. The van der Waals surface area contributed by atoms with Crippen LogP contribution < -0.4 is 15.0 Å². The summed E-state index contributed by atoms with van der Waals surface area (Å²) < 4.78 is 6.03. The number of aliphatic hydroxyl groups is 1. The van der Waals surface area contributed by atoms with Crippen molar-refractivity contribution in [2.24, 2.45) is 5.41 Å². The van der Waals surface area contributed by atoms with E-state index in [2.05, 4.69) is 20.2 Å². The molecule has 8 heteroatoms. The Morgan fingerprint density at radius 1 is 1.15 bits per heavy atom. The van der Waals surface area contributed by atoms with Crippen molar-refractivity contribution in [3.05, 3.63) is 82.0 Å². The van der Waals surface area contributed by atoms with Crippen LogP contribution in [0.15, 0.2) is 54.7 Å². The highest BCUT2D eigenvalue weighted by Crippen LogP contribution is 2.53. The molecule has 34 heavy (non-hydrogen) atoms. The third kappa shape index (κ3) is 5.00. The van der Waals surface area contributed by atoms with Gasteiger partial charge in [0.15, 0.2) is 0 Å². The van der Waals surface area contributed by atoms with Gasteiger partial charge in [0, 0.05) is 30.9 Å². The first-order valence-corrected chi connectivity index (χ1v) is 11.9. The molecule has 176 valence electrons. The minimum Gasteiger partial charge on any atom is -0.472 e. The number of rotatable bonds is 8. The van der Waals surface area contributed by atoms with Crippen LogP contribution in [0.2, 0.25) is 5.02 Å². The molecule has 1 spiro atoms. The summed E-state index contributed by atoms with van der Waals surface area (Å²) >= 11 is 6.22. The van der Waals surface area contributed by atoms with Crippen molar-refractivity contribution in [1.29, 1.82) is 0 Å². The Morgan fingerprint density at radius 3 is 2.68 bits per heavy atom. The maximum absolute atomic E-state index is 13.0. The topological polar surface area (TPSA) is 87.6 Å². The molecule has 0 radical (unpaired) electrons. The smallest absolute Gasteiger partial charge is 0.258 e. The first kappa shape index (κ1) is 22.6. The fourth-order valence-electron chi connectivity index (χ4n) is 4.30. The van der Waals surface area contributed by atoms with Crippen molar-refractivity contribution >= 4 is 23.5 Å². The molecule has 1 aliphatic heterocycles. The highest BCUT2D eigenvalue weighted by Gasteiger charge is 2.48. The van der Waals surface area contributed by atoms with E-state index in [-0.39, 0.29) is 30.6 Å². The second-order valence-electron chi connectivity index (χ2n) is 9.10. The van der Waals surface area contributed by atoms with Crippen molar-refractivity contribution in [3.8, 4) is 5.88 Å². The number of ether oxygens (including phenoxy) is 1. The molecule has 0 atom stereocenters. The van der Waals surface area contributed by atoms with Gasteiger partial charge >= 0.3 is 0 Å². The second kappa shape index (κ2) is 9.60. The van der Waals surface area contributed by atoms with E-state index in [9.17, 15) is 9.90 Å². The zero-order valence-corrected chi connectivity index (χ0v) is 19.6. The Labute approximate surface area is 203 Å². The van der Waals surface area contributed by atoms with Crippen molar-refractivity contribution < 1.29 is 14.6 Å². The van der Waals surface area contributed by atoms with Crippen LogP contribution in [0.3, 0.4) is 0 Å². The number of nitrogens with zero attached hydrogens (tertiary/aromatic N) is 3. The number of halogens is 1. The molecule has 2 N–H and O–H groups in total. The summed E-state index contributed by atoms with van der Waals surface area (Å²) in [5, 5.41) is 12.7. The standard InChI is InChI=1S/C26H27ClN4O3/c27-22-12-19(6-7-20(22)15-32)16-34-24-21(23(33)28-13-18-4-2-1-3-5-18)14-29-25(30-24)31-11-10-26(17-31)8-9-26/h1-7,12,14,32H,8-11,13,15-17H2,(H,28,33). The van der Waals surface area contributed by atoms with E-state index in [1.54, 1.807) is 18.3 Å². The van der Waals surface area contributed by atoms with Crippen LogP contribution in [0.4, 0.5) is 5.95 Å². The third-order valence-corrected chi connectivity index (χ3v) is 6.98. The van der Waals surface area contributed by atoms with E-state index in [1.807, 2.05) is 36.4 Å². The van der Waals surface area contributed by atoms with E-state index < -0.39 is 0 Å². The molecule has 3 aromatic rings. The minimum atomic E-state index is -0.292. The lowest BCUT2D eigenvalue weighted by molar-refractivity contribution is 0.0945. The molecule has 5 rings (SSSR count). The molecule has 2 aromatic carbocycles. The van der Waals surface area contributed by atoms with Crippen molar-refractivity contribution in [2.45, 2.75) is 39.0 Å². The summed E-state index contributed by atoms with van der Waals surface area (Å²) in [6, 6.07) is 15.1. The highest BCUT2D eigenvalue weighted by molar-refractivity contribution is 6.31.